The Hall–Kier alpha value is -5.61. The Kier molecular flexibility index (Phi) is 8.16. The number of halogens is 3. The van der Waals surface area contributed by atoms with E-state index in [4.69, 9.17) is 15.0 Å². The second kappa shape index (κ2) is 13.4. The summed E-state index contributed by atoms with van der Waals surface area (Å²) in [5, 5.41) is 0. The number of para-hydroxylation sites is 6. The molecule has 0 aliphatic heterocycles. The fourth-order valence-corrected chi connectivity index (χ4v) is 8.02. The Labute approximate surface area is 335 Å². The smallest absolute Gasteiger partial charge is 0.145 e. The lowest BCUT2D eigenvalue weighted by atomic mass is 10.0. The molecule has 0 spiro atoms. The number of benzene rings is 7. The molecule has 0 N–H and O–H groups in total. The lowest BCUT2D eigenvalue weighted by Gasteiger charge is -2.15. The van der Waals surface area contributed by atoms with Gasteiger partial charge in [0.1, 0.15) is 17.5 Å². The number of hydrogen-bond acceptors (Lipinski definition) is 3. The zero-order valence-electron chi connectivity index (χ0n) is 28.4. The standard InChI is InChI=1S/C45H27Br3N6/c46-31-13-19-34(20-14-31)52-40-10-4-1-7-37(40)49-43(52)28-25-29(44-50-38-8-2-5-11-41(38)53(44)35-21-15-32(47)16-22-35)27-30(26-28)45-51-39-9-3-6-12-42(39)54(45)36-23-17-33(48)18-24-36/h1-27H. The molecule has 0 saturated heterocycles. The van der Waals surface area contributed by atoms with Crippen molar-refractivity contribution in [3.8, 4) is 51.2 Å². The molecular formula is C45H27Br3N6. The van der Waals surface area contributed by atoms with Crippen molar-refractivity contribution in [2.75, 3.05) is 0 Å². The van der Waals surface area contributed by atoms with E-state index in [2.05, 4.69) is 207 Å². The van der Waals surface area contributed by atoms with Crippen LogP contribution in [-0.4, -0.2) is 28.7 Å². The molecule has 0 aliphatic rings. The van der Waals surface area contributed by atoms with Crippen LogP contribution in [0.25, 0.3) is 84.3 Å². The summed E-state index contributed by atoms with van der Waals surface area (Å²) in [6.07, 6.45) is 0. The Morgan fingerprint density at radius 2 is 0.574 bits per heavy atom. The summed E-state index contributed by atoms with van der Waals surface area (Å²) >= 11 is 10.9. The van der Waals surface area contributed by atoms with Crippen LogP contribution < -0.4 is 0 Å². The second-order valence-corrected chi connectivity index (χ2v) is 15.8. The normalized spacial score (nSPS) is 11.6. The third-order valence-electron chi connectivity index (χ3n) is 9.64. The molecule has 0 radical (unpaired) electrons. The Balaban J connectivity index is 1.30. The van der Waals surface area contributed by atoms with E-state index in [1.54, 1.807) is 0 Å². The van der Waals surface area contributed by atoms with Gasteiger partial charge in [0, 0.05) is 47.2 Å². The predicted molar refractivity (Wildman–Crippen MR) is 230 cm³/mol. The van der Waals surface area contributed by atoms with Gasteiger partial charge in [-0.25, -0.2) is 15.0 Å². The van der Waals surface area contributed by atoms with Gasteiger partial charge in [-0.15, -0.1) is 0 Å². The maximum absolute atomic E-state index is 5.30. The van der Waals surface area contributed by atoms with Gasteiger partial charge in [0.25, 0.3) is 0 Å². The quantitative estimate of drug-likeness (QED) is 0.167. The van der Waals surface area contributed by atoms with Crippen LogP contribution in [0.3, 0.4) is 0 Å². The maximum atomic E-state index is 5.30. The van der Waals surface area contributed by atoms with E-state index < -0.39 is 0 Å². The Morgan fingerprint density at radius 1 is 0.315 bits per heavy atom. The van der Waals surface area contributed by atoms with Gasteiger partial charge in [-0.05, 0) is 127 Å². The zero-order valence-corrected chi connectivity index (χ0v) is 33.2. The molecule has 7 aromatic carbocycles. The van der Waals surface area contributed by atoms with Gasteiger partial charge in [0.05, 0.1) is 33.1 Å². The van der Waals surface area contributed by atoms with Gasteiger partial charge in [-0.3, -0.25) is 13.7 Å². The minimum atomic E-state index is 0.819. The summed E-state index contributed by atoms with van der Waals surface area (Å²) in [6, 6.07) is 56.6. The van der Waals surface area contributed by atoms with E-state index in [-0.39, 0.29) is 0 Å². The zero-order chi connectivity index (χ0) is 36.3. The van der Waals surface area contributed by atoms with Crippen LogP contribution in [0.2, 0.25) is 0 Å². The average Bonchev–Trinajstić information content (AvgIpc) is 3.91. The fourth-order valence-electron chi connectivity index (χ4n) is 7.23. The second-order valence-electron chi connectivity index (χ2n) is 13.0. The summed E-state index contributed by atoms with van der Waals surface area (Å²) in [5.41, 5.74) is 11.6. The van der Waals surface area contributed by atoms with Crippen LogP contribution in [-0.2, 0) is 0 Å². The molecule has 6 nitrogen and oxygen atoms in total. The molecule has 3 heterocycles. The van der Waals surface area contributed by atoms with Crippen LogP contribution in [0, 0.1) is 0 Å². The third kappa shape index (κ3) is 5.71. The van der Waals surface area contributed by atoms with E-state index in [1.165, 1.54) is 0 Å². The van der Waals surface area contributed by atoms with Crippen molar-refractivity contribution in [2.45, 2.75) is 0 Å². The summed E-state index contributed by atoms with van der Waals surface area (Å²) in [6.45, 7) is 0. The molecule has 0 atom stereocenters. The van der Waals surface area contributed by atoms with E-state index in [0.717, 1.165) is 97.7 Å². The number of hydrogen-bond donors (Lipinski definition) is 0. The molecule has 258 valence electrons. The monoisotopic (exact) mass is 888 g/mol. The predicted octanol–water partition coefficient (Wildman–Crippen LogP) is 13.0. The van der Waals surface area contributed by atoms with Crippen molar-refractivity contribution in [1.29, 1.82) is 0 Å². The number of rotatable bonds is 6. The third-order valence-corrected chi connectivity index (χ3v) is 11.2. The van der Waals surface area contributed by atoms with E-state index in [1.807, 2.05) is 18.2 Å². The van der Waals surface area contributed by atoms with E-state index in [0.29, 0.717) is 0 Å². The fraction of sp³-hybridized carbons (Fsp3) is 0. The van der Waals surface area contributed by atoms with Crippen molar-refractivity contribution in [3.63, 3.8) is 0 Å². The van der Waals surface area contributed by atoms with Crippen molar-refractivity contribution in [3.05, 3.63) is 177 Å². The highest BCUT2D eigenvalue weighted by atomic mass is 79.9. The molecule has 10 rings (SSSR count). The molecule has 0 unspecified atom stereocenters. The molecule has 54 heavy (non-hydrogen) atoms. The highest BCUT2D eigenvalue weighted by Gasteiger charge is 2.22. The van der Waals surface area contributed by atoms with E-state index >= 15 is 0 Å². The number of imidazole rings is 3. The largest absolute Gasteiger partial charge is 0.292 e. The number of aromatic nitrogens is 6. The summed E-state index contributed by atoms with van der Waals surface area (Å²) in [7, 11) is 0. The molecule has 3 aromatic heterocycles. The Morgan fingerprint density at radius 3 is 0.852 bits per heavy atom. The van der Waals surface area contributed by atoms with Crippen LogP contribution >= 0.6 is 47.8 Å². The summed E-state index contributed by atoms with van der Waals surface area (Å²) < 4.78 is 9.75. The van der Waals surface area contributed by atoms with Crippen LogP contribution in [0.1, 0.15) is 0 Å². The van der Waals surface area contributed by atoms with Crippen LogP contribution in [0.15, 0.2) is 177 Å². The lowest BCUT2D eigenvalue weighted by molar-refractivity contribution is 1.08. The summed E-state index contributed by atoms with van der Waals surface area (Å²) in [4.78, 5) is 15.9. The van der Waals surface area contributed by atoms with Crippen molar-refractivity contribution in [1.82, 2.24) is 28.7 Å². The minimum Gasteiger partial charge on any atom is -0.292 e. The molecule has 0 amide bonds. The van der Waals surface area contributed by atoms with Gasteiger partial charge in [0.2, 0.25) is 0 Å². The minimum absolute atomic E-state index is 0.819. The van der Waals surface area contributed by atoms with Gasteiger partial charge < -0.3 is 0 Å². The number of fused-ring (bicyclic) bond motifs is 3. The van der Waals surface area contributed by atoms with E-state index in [9.17, 15) is 0 Å². The van der Waals surface area contributed by atoms with Crippen molar-refractivity contribution in [2.24, 2.45) is 0 Å². The van der Waals surface area contributed by atoms with Crippen LogP contribution in [0.4, 0.5) is 0 Å². The molecule has 0 aliphatic carbocycles. The van der Waals surface area contributed by atoms with Crippen molar-refractivity contribution < 1.29 is 0 Å². The molecule has 10 aromatic rings. The highest BCUT2D eigenvalue weighted by Crippen LogP contribution is 2.39. The maximum Gasteiger partial charge on any atom is 0.145 e. The number of nitrogens with zero attached hydrogens (tertiary/aromatic N) is 6. The van der Waals surface area contributed by atoms with Gasteiger partial charge in [-0.1, -0.05) is 84.2 Å². The van der Waals surface area contributed by atoms with Gasteiger partial charge in [0.15, 0.2) is 0 Å². The Bertz CT molecular complexity index is 2670. The molecule has 0 saturated carbocycles. The summed E-state index contributed by atoms with van der Waals surface area (Å²) in [5.74, 6) is 2.46. The van der Waals surface area contributed by atoms with Gasteiger partial charge >= 0.3 is 0 Å². The first-order valence-electron chi connectivity index (χ1n) is 17.3. The average molecular weight is 891 g/mol. The topological polar surface area (TPSA) is 53.5 Å². The van der Waals surface area contributed by atoms with Gasteiger partial charge in [-0.2, -0.15) is 0 Å². The highest BCUT2D eigenvalue weighted by molar-refractivity contribution is 9.11. The first kappa shape index (κ1) is 33.0. The van der Waals surface area contributed by atoms with Crippen molar-refractivity contribution >= 4 is 80.9 Å². The first-order chi connectivity index (χ1) is 26.5. The molecule has 9 heteroatoms. The SMILES string of the molecule is Brc1ccc(-n2c(-c3cc(-c4nc5ccccc5n4-c4ccc(Br)cc4)cc(-c4nc5ccccc5n4-c4ccc(Br)cc4)c3)nc3ccccc32)cc1. The molecular weight excluding hydrogens is 864 g/mol. The molecule has 0 bridgehead atoms. The first-order valence-corrected chi connectivity index (χ1v) is 19.7. The molecule has 0 fully saturated rings. The van der Waals surface area contributed by atoms with Crippen LogP contribution in [0.5, 0.6) is 0 Å². The lowest BCUT2D eigenvalue weighted by Crippen LogP contribution is -2.02.